The van der Waals surface area contributed by atoms with Crippen LogP contribution in [0, 0.1) is 0 Å². The summed E-state index contributed by atoms with van der Waals surface area (Å²) < 4.78 is 5.17. The number of rotatable bonds is 5. The zero-order valence-electron chi connectivity index (χ0n) is 14.6. The first-order valence-electron chi connectivity index (χ1n) is 8.34. The molecule has 138 valence electrons. The van der Waals surface area contributed by atoms with E-state index in [9.17, 15) is 19.2 Å². The molecule has 2 amide bonds. The molecule has 2 fully saturated rings. The van der Waals surface area contributed by atoms with Crippen molar-refractivity contribution in [3.8, 4) is 0 Å². The summed E-state index contributed by atoms with van der Waals surface area (Å²) in [5.74, 6) is -0.635. The fraction of sp³-hybridized carbons (Fsp3) is 0.444. The van der Waals surface area contributed by atoms with Crippen molar-refractivity contribution in [3.05, 3.63) is 29.8 Å². The fourth-order valence-electron chi connectivity index (χ4n) is 3.25. The Morgan fingerprint density at radius 2 is 2.00 bits per heavy atom. The first-order valence-corrected chi connectivity index (χ1v) is 9.32. The molecular formula is C18H20N2O5S. The lowest BCUT2D eigenvalue weighted by molar-refractivity contribution is -0.152. The molecule has 2 atom stereocenters. The number of anilines is 1. The van der Waals surface area contributed by atoms with Crippen molar-refractivity contribution in [1.29, 1.82) is 0 Å². The quantitative estimate of drug-likeness (QED) is 0.622. The van der Waals surface area contributed by atoms with Crippen LogP contribution in [0.25, 0.3) is 0 Å². The molecule has 0 unspecified atom stereocenters. The molecule has 1 aromatic carbocycles. The van der Waals surface area contributed by atoms with Gasteiger partial charge in [0.2, 0.25) is 11.8 Å². The Labute approximate surface area is 155 Å². The largest absolute Gasteiger partial charge is 0.456 e. The van der Waals surface area contributed by atoms with Crippen molar-refractivity contribution < 1.29 is 23.9 Å². The zero-order chi connectivity index (χ0) is 18.9. The van der Waals surface area contributed by atoms with Crippen LogP contribution in [0.4, 0.5) is 5.69 Å². The van der Waals surface area contributed by atoms with Crippen LogP contribution in [0.5, 0.6) is 0 Å². The van der Waals surface area contributed by atoms with E-state index in [0.717, 1.165) is 6.42 Å². The molecule has 0 radical (unpaired) electrons. The van der Waals surface area contributed by atoms with Crippen LogP contribution in [0.3, 0.4) is 0 Å². The van der Waals surface area contributed by atoms with Crippen LogP contribution in [0.2, 0.25) is 0 Å². The third-order valence-electron chi connectivity index (χ3n) is 4.59. The number of fused-ring (bicyclic) bond motifs is 1. The lowest BCUT2D eigenvalue weighted by atomic mass is 10.1. The summed E-state index contributed by atoms with van der Waals surface area (Å²) in [6, 6.07) is 5.72. The summed E-state index contributed by atoms with van der Waals surface area (Å²) in [6.07, 6.45) is 1.16. The number of amides is 2. The number of carbonyl (C=O) groups excluding carboxylic acids is 4. The van der Waals surface area contributed by atoms with Crippen molar-refractivity contribution in [3.63, 3.8) is 0 Å². The number of hydrogen-bond acceptors (Lipinski definition) is 6. The maximum atomic E-state index is 12.4. The Morgan fingerprint density at radius 3 is 2.65 bits per heavy atom. The average molecular weight is 376 g/mol. The fourth-order valence-corrected chi connectivity index (χ4v) is 4.67. The van der Waals surface area contributed by atoms with E-state index in [1.807, 2.05) is 6.92 Å². The zero-order valence-corrected chi connectivity index (χ0v) is 15.4. The Balaban J connectivity index is 1.57. The maximum absolute atomic E-state index is 12.4. The van der Waals surface area contributed by atoms with Crippen LogP contribution in [0.1, 0.15) is 37.0 Å². The number of Topliss-reactive ketones (excluding diaryl/α,β-unsaturated/α-hetero) is 1. The third-order valence-corrected chi connectivity index (χ3v) is 6.09. The number of esters is 1. The number of nitrogens with one attached hydrogen (secondary N) is 1. The predicted molar refractivity (Wildman–Crippen MR) is 96.8 cm³/mol. The minimum absolute atomic E-state index is 0.0423. The van der Waals surface area contributed by atoms with E-state index in [-0.39, 0.29) is 29.1 Å². The summed E-state index contributed by atoms with van der Waals surface area (Å²) >= 11 is 1.58. The van der Waals surface area contributed by atoms with Crippen molar-refractivity contribution in [2.75, 3.05) is 17.7 Å². The van der Waals surface area contributed by atoms with E-state index in [1.54, 1.807) is 40.9 Å². The molecule has 3 rings (SSSR count). The molecule has 0 spiro atoms. The molecule has 1 aromatic rings. The monoisotopic (exact) mass is 376 g/mol. The molecule has 0 aromatic heterocycles. The maximum Gasteiger partial charge on any atom is 0.330 e. The molecule has 0 saturated carbocycles. The predicted octanol–water partition coefficient (Wildman–Crippen LogP) is 1.82. The van der Waals surface area contributed by atoms with Crippen LogP contribution in [-0.2, 0) is 19.1 Å². The highest BCUT2D eigenvalue weighted by Crippen LogP contribution is 2.47. The van der Waals surface area contributed by atoms with Gasteiger partial charge in [-0.05, 0) is 37.6 Å². The van der Waals surface area contributed by atoms with E-state index in [1.165, 1.54) is 6.92 Å². The third kappa shape index (κ3) is 3.60. The van der Waals surface area contributed by atoms with Gasteiger partial charge in [0, 0.05) is 30.3 Å². The van der Waals surface area contributed by atoms with Crippen molar-refractivity contribution >= 4 is 41.0 Å². The molecule has 8 heteroatoms. The number of benzene rings is 1. The Hall–Kier alpha value is -2.35. The molecule has 2 saturated heterocycles. The van der Waals surface area contributed by atoms with Gasteiger partial charge in [0.1, 0.15) is 6.04 Å². The number of carbonyl (C=O) groups is 4. The first kappa shape index (κ1) is 18.4. The molecule has 7 nitrogen and oxygen atoms in total. The van der Waals surface area contributed by atoms with E-state index >= 15 is 0 Å². The molecule has 2 aliphatic heterocycles. The smallest absolute Gasteiger partial charge is 0.330 e. The van der Waals surface area contributed by atoms with Gasteiger partial charge < -0.3 is 15.0 Å². The van der Waals surface area contributed by atoms with Crippen LogP contribution < -0.4 is 5.32 Å². The van der Waals surface area contributed by atoms with E-state index in [0.29, 0.717) is 23.4 Å². The molecule has 26 heavy (non-hydrogen) atoms. The molecule has 2 aliphatic rings. The number of nitrogens with zero attached hydrogens (tertiary/aromatic N) is 1. The van der Waals surface area contributed by atoms with Crippen LogP contribution >= 0.6 is 11.8 Å². The standard InChI is InChI=1S/C18H20N2O5S/c1-11(21)19-13-5-3-12(4-6-13)15(22)9-25-17(24)14-10-26-18(2)8-7-16(23)20(14)18/h3-6,14H,7-10H2,1-2H3,(H,19,21)/t14-,18-/m1/s1. The van der Waals surface area contributed by atoms with E-state index < -0.39 is 12.0 Å². The summed E-state index contributed by atoms with van der Waals surface area (Å²) in [5.41, 5.74) is 0.968. The highest BCUT2D eigenvalue weighted by Gasteiger charge is 2.53. The summed E-state index contributed by atoms with van der Waals surface area (Å²) in [6.45, 7) is 2.98. The normalized spacial score (nSPS) is 24.3. The van der Waals surface area contributed by atoms with Gasteiger partial charge in [-0.1, -0.05) is 0 Å². The SMILES string of the molecule is CC(=O)Nc1ccc(C(=O)COC(=O)[C@H]2CS[C@]3(C)CCC(=O)N23)cc1. The van der Waals surface area contributed by atoms with E-state index in [4.69, 9.17) is 4.74 Å². The second-order valence-corrected chi connectivity index (χ2v) is 8.06. The van der Waals surface area contributed by atoms with Crippen molar-refractivity contribution in [2.45, 2.75) is 37.6 Å². The molecule has 0 aliphatic carbocycles. The van der Waals surface area contributed by atoms with Crippen LogP contribution in [0.15, 0.2) is 24.3 Å². The molecule has 2 heterocycles. The van der Waals surface area contributed by atoms with Gasteiger partial charge in [-0.25, -0.2) is 4.79 Å². The van der Waals surface area contributed by atoms with Gasteiger partial charge in [0.15, 0.2) is 12.4 Å². The van der Waals surface area contributed by atoms with Crippen LogP contribution in [-0.4, -0.2) is 51.7 Å². The summed E-state index contributed by atoms with van der Waals surface area (Å²) in [4.78, 5) is 48.9. The van der Waals surface area contributed by atoms with Crippen molar-refractivity contribution in [2.24, 2.45) is 0 Å². The first-order chi connectivity index (χ1) is 12.3. The Bertz CT molecular complexity index is 763. The Kier molecular flexibility index (Phi) is 5.04. The lowest BCUT2D eigenvalue weighted by Crippen LogP contribution is -2.46. The highest BCUT2D eigenvalue weighted by atomic mass is 32.2. The molecule has 1 N–H and O–H groups in total. The molecular weight excluding hydrogens is 356 g/mol. The second kappa shape index (κ2) is 7.11. The minimum atomic E-state index is -0.630. The minimum Gasteiger partial charge on any atom is -0.456 e. The average Bonchev–Trinajstić information content (AvgIpc) is 3.09. The van der Waals surface area contributed by atoms with Gasteiger partial charge in [0.25, 0.3) is 0 Å². The number of ether oxygens (including phenoxy) is 1. The number of thioether (sulfide) groups is 1. The number of ketones is 1. The summed E-state index contributed by atoms with van der Waals surface area (Å²) in [7, 11) is 0. The van der Waals surface area contributed by atoms with Gasteiger partial charge in [-0.15, -0.1) is 11.8 Å². The Morgan fingerprint density at radius 1 is 1.31 bits per heavy atom. The van der Waals surface area contributed by atoms with E-state index in [2.05, 4.69) is 5.32 Å². The van der Waals surface area contributed by atoms with Gasteiger partial charge in [-0.3, -0.25) is 14.4 Å². The highest BCUT2D eigenvalue weighted by molar-refractivity contribution is 8.01. The topological polar surface area (TPSA) is 92.8 Å². The lowest BCUT2D eigenvalue weighted by Gasteiger charge is -2.29. The van der Waals surface area contributed by atoms with Gasteiger partial charge in [0.05, 0.1) is 4.87 Å². The summed E-state index contributed by atoms with van der Waals surface area (Å²) in [5, 5.41) is 2.61. The second-order valence-electron chi connectivity index (χ2n) is 6.55. The number of hydrogen-bond donors (Lipinski definition) is 1. The van der Waals surface area contributed by atoms with Gasteiger partial charge in [-0.2, -0.15) is 0 Å². The van der Waals surface area contributed by atoms with Gasteiger partial charge >= 0.3 is 5.97 Å². The van der Waals surface area contributed by atoms with Crippen molar-refractivity contribution in [1.82, 2.24) is 4.90 Å². The molecule has 0 bridgehead atoms.